The van der Waals surface area contributed by atoms with Crippen LogP contribution in [0.2, 0.25) is 0 Å². The monoisotopic (exact) mass is 382 g/mol. The van der Waals surface area contributed by atoms with Crippen LogP contribution in [0.3, 0.4) is 0 Å². The molecule has 2 aromatic carbocycles. The highest BCUT2D eigenvalue weighted by molar-refractivity contribution is 5.95. The van der Waals surface area contributed by atoms with Crippen LogP contribution in [0.4, 0.5) is 8.78 Å². The fourth-order valence-electron chi connectivity index (χ4n) is 3.00. The highest BCUT2D eigenvalue weighted by atomic mass is 35.5. The third-order valence-electron chi connectivity index (χ3n) is 4.34. The van der Waals surface area contributed by atoms with Gasteiger partial charge in [0.1, 0.15) is 17.4 Å². The number of hydrogen-bond acceptors (Lipinski definition) is 3. The molecule has 1 fully saturated rings. The molecule has 0 spiro atoms. The van der Waals surface area contributed by atoms with Crippen LogP contribution in [0.5, 0.6) is 5.75 Å². The number of methoxy groups -OCH3 is 1. The molecule has 7 heteroatoms. The molecule has 0 saturated carbocycles. The number of carbonyl (C=O) groups excluding carboxylic acids is 1. The quantitative estimate of drug-likeness (QED) is 0.883. The number of benzene rings is 2. The van der Waals surface area contributed by atoms with Crippen molar-refractivity contribution in [1.82, 2.24) is 10.2 Å². The molecule has 4 nitrogen and oxygen atoms in total. The van der Waals surface area contributed by atoms with Crippen molar-refractivity contribution >= 4 is 18.3 Å². The van der Waals surface area contributed by atoms with Gasteiger partial charge in [0.2, 0.25) is 0 Å². The number of ether oxygens (including phenoxy) is 1. The molecular weight excluding hydrogens is 362 g/mol. The smallest absolute Gasteiger partial charge is 0.256 e. The zero-order valence-corrected chi connectivity index (χ0v) is 15.4. The Morgan fingerprint density at radius 3 is 2.58 bits per heavy atom. The van der Waals surface area contributed by atoms with Crippen molar-refractivity contribution in [3.8, 4) is 16.9 Å². The Morgan fingerprint density at radius 2 is 1.96 bits per heavy atom. The van der Waals surface area contributed by atoms with Crippen molar-refractivity contribution in [2.75, 3.05) is 26.7 Å². The fourth-order valence-corrected chi connectivity index (χ4v) is 3.00. The molecule has 140 valence electrons. The Bertz CT molecular complexity index is 801. The van der Waals surface area contributed by atoms with Crippen molar-refractivity contribution in [2.45, 2.75) is 13.0 Å². The summed E-state index contributed by atoms with van der Waals surface area (Å²) in [5, 5.41) is 3.24. The van der Waals surface area contributed by atoms with Gasteiger partial charge in [-0.2, -0.15) is 0 Å². The zero-order valence-electron chi connectivity index (χ0n) is 14.6. The molecule has 1 saturated heterocycles. The molecule has 1 aliphatic heterocycles. The summed E-state index contributed by atoms with van der Waals surface area (Å²) in [7, 11) is 1.45. The maximum absolute atomic E-state index is 14.5. The van der Waals surface area contributed by atoms with E-state index in [2.05, 4.69) is 5.32 Å². The van der Waals surface area contributed by atoms with E-state index >= 15 is 0 Å². The van der Waals surface area contributed by atoms with E-state index in [4.69, 9.17) is 4.74 Å². The predicted octanol–water partition coefficient (Wildman–Crippen LogP) is 3.50. The fraction of sp³-hybridized carbons (Fsp3) is 0.316. The van der Waals surface area contributed by atoms with E-state index in [0.717, 1.165) is 0 Å². The Kier molecular flexibility index (Phi) is 6.56. The number of halogens is 3. The second-order valence-corrected chi connectivity index (χ2v) is 6.15. The lowest BCUT2D eigenvalue weighted by atomic mass is 10.0. The number of piperazine rings is 1. The zero-order chi connectivity index (χ0) is 18.0. The summed E-state index contributed by atoms with van der Waals surface area (Å²) in [6.07, 6.45) is 0. The summed E-state index contributed by atoms with van der Waals surface area (Å²) in [5.74, 6) is -1.10. The molecular formula is C19H21ClF2N2O2. The largest absolute Gasteiger partial charge is 0.497 e. The predicted molar refractivity (Wildman–Crippen MR) is 99.0 cm³/mol. The van der Waals surface area contributed by atoms with Gasteiger partial charge in [0, 0.05) is 37.3 Å². The molecule has 1 atom stereocenters. The number of nitrogens with zero attached hydrogens (tertiary/aromatic N) is 1. The van der Waals surface area contributed by atoms with Crippen LogP contribution in [0.25, 0.3) is 11.1 Å². The third kappa shape index (κ3) is 4.14. The molecule has 26 heavy (non-hydrogen) atoms. The summed E-state index contributed by atoms with van der Waals surface area (Å²) < 4.78 is 33.6. The van der Waals surface area contributed by atoms with Gasteiger partial charge in [0.05, 0.1) is 12.7 Å². The van der Waals surface area contributed by atoms with E-state index in [9.17, 15) is 13.6 Å². The molecule has 3 rings (SSSR count). The number of hydrogen-bond donors (Lipinski definition) is 1. The molecule has 1 heterocycles. The topological polar surface area (TPSA) is 41.6 Å². The standard InChI is InChI=1S/C19H20F2N2O2.ClH/c1-12-11-23(8-7-22-12)19(24)16-5-3-13(9-17(16)20)15-6-4-14(25-2)10-18(15)21;/h3-6,9-10,12,22H,7-8,11H2,1-2H3;1H. The van der Waals surface area contributed by atoms with Gasteiger partial charge in [-0.15, -0.1) is 12.4 Å². The van der Waals surface area contributed by atoms with Crippen LogP contribution < -0.4 is 10.1 Å². The SMILES string of the molecule is COc1ccc(-c2ccc(C(=O)N3CCNC(C)C3)c(F)c2)c(F)c1.Cl. The number of nitrogens with one attached hydrogen (secondary N) is 1. The van der Waals surface area contributed by atoms with Gasteiger partial charge in [0.25, 0.3) is 5.91 Å². The lowest BCUT2D eigenvalue weighted by Gasteiger charge is -2.32. The Morgan fingerprint density at radius 1 is 1.19 bits per heavy atom. The minimum absolute atomic E-state index is 0. The molecule has 1 amide bonds. The van der Waals surface area contributed by atoms with E-state index in [-0.39, 0.29) is 35.5 Å². The molecule has 2 aromatic rings. The van der Waals surface area contributed by atoms with E-state index in [1.807, 2.05) is 6.92 Å². The average Bonchev–Trinajstić information content (AvgIpc) is 2.61. The summed E-state index contributed by atoms with van der Waals surface area (Å²) >= 11 is 0. The molecule has 1 unspecified atom stereocenters. The van der Waals surface area contributed by atoms with Gasteiger partial charge in [-0.05, 0) is 36.8 Å². The minimum atomic E-state index is -0.649. The van der Waals surface area contributed by atoms with Crippen LogP contribution >= 0.6 is 12.4 Å². The molecule has 1 N–H and O–H groups in total. The lowest BCUT2D eigenvalue weighted by molar-refractivity contribution is 0.0704. The van der Waals surface area contributed by atoms with E-state index in [1.54, 1.807) is 17.0 Å². The van der Waals surface area contributed by atoms with Gasteiger partial charge >= 0.3 is 0 Å². The molecule has 0 aromatic heterocycles. The number of rotatable bonds is 3. The first-order chi connectivity index (χ1) is 12.0. The summed E-state index contributed by atoms with van der Waals surface area (Å²) in [6, 6.07) is 8.74. The number of amides is 1. The third-order valence-corrected chi connectivity index (χ3v) is 4.34. The van der Waals surface area contributed by atoms with Crippen LogP contribution in [0, 0.1) is 11.6 Å². The highest BCUT2D eigenvalue weighted by Crippen LogP contribution is 2.28. The summed E-state index contributed by atoms with van der Waals surface area (Å²) in [5.41, 5.74) is 0.643. The first-order valence-corrected chi connectivity index (χ1v) is 8.15. The molecule has 0 bridgehead atoms. The molecule has 0 radical (unpaired) electrons. The van der Waals surface area contributed by atoms with Gasteiger partial charge in [-0.25, -0.2) is 8.78 Å². The van der Waals surface area contributed by atoms with Gasteiger partial charge < -0.3 is 15.0 Å². The average molecular weight is 383 g/mol. The van der Waals surface area contributed by atoms with Gasteiger partial charge in [-0.1, -0.05) is 6.07 Å². The van der Waals surface area contributed by atoms with Crippen LogP contribution in [0.1, 0.15) is 17.3 Å². The highest BCUT2D eigenvalue weighted by Gasteiger charge is 2.24. The maximum Gasteiger partial charge on any atom is 0.256 e. The summed E-state index contributed by atoms with van der Waals surface area (Å²) in [6.45, 7) is 3.74. The minimum Gasteiger partial charge on any atom is -0.497 e. The normalized spacial score (nSPS) is 16.8. The van der Waals surface area contributed by atoms with Crippen molar-refractivity contribution in [3.05, 3.63) is 53.6 Å². The van der Waals surface area contributed by atoms with Crippen LogP contribution in [-0.2, 0) is 0 Å². The number of carbonyl (C=O) groups is 1. The first-order valence-electron chi connectivity index (χ1n) is 8.15. The van der Waals surface area contributed by atoms with Crippen molar-refractivity contribution in [3.63, 3.8) is 0 Å². The maximum atomic E-state index is 14.5. The lowest BCUT2D eigenvalue weighted by Crippen LogP contribution is -2.51. The molecule has 0 aliphatic carbocycles. The van der Waals surface area contributed by atoms with Crippen molar-refractivity contribution in [1.29, 1.82) is 0 Å². The van der Waals surface area contributed by atoms with Crippen molar-refractivity contribution < 1.29 is 18.3 Å². The second kappa shape index (κ2) is 8.47. The van der Waals surface area contributed by atoms with Crippen LogP contribution in [-0.4, -0.2) is 43.6 Å². The Balaban J connectivity index is 0.00000243. The molecule has 1 aliphatic rings. The van der Waals surface area contributed by atoms with Gasteiger partial charge in [-0.3, -0.25) is 4.79 Å². The van der Waals surface area contributed by atoms with E-state index < -0.39 is 11.6 Å². The van der Waals surface area contributed by atoms with Crippen LogP contribution in [0.15, 0.2) is 36.4 Å². The van der Waals surface area contributed by atoms with Crippen molar-refractivity contribution in [2.24, 2.45) is 0 Å². The first kappa shape index (κ1) is 20.1. The van der Waals surface area contributed by atoms with Gasteiger partial charge in [0.15, 0.2) is 0 Å². The van der Waals surface area contributed by atoms with E-state index in [1.165, 1.54) is 31.4 Å². The Hall–Kier alpha value is -2.18. The van der Waals surface area contributed by atoms with E-state index in [0.29, 0.717) is 30.9 Å². The second-order valence-electron chi connectivity index (χ2n) is 6.15. The Labute approximate surface area is 157 Å². The summed E-state index contributed by atoms with van der Waals surface area (Å²) in [4.78, 5) is 14.2.